The fourth-order valence-corrected chi connectivity index (χ4v) is 3.20. The van der Waals surface area contributed by atoms with E-state index in [0.29, 0.717) is 23.9 Å². The number of nitriles is 1. The maximum Gasteiger partial charge on any atom is 0.227 e. The molecule has 0 bridgehead atoms. The standard InChI is InChI=1S/C20H15N3O3/c21-11-14(20-22-15-6-2-4-8-18(15)26-20)17(24)12-23-16-7-3-1-5-13(16)9-10-19(23)25/h1-8,14H,9-10,12H2. The smallest absolute Gasteiger partial charge is 0.227 e. The Balaban J connectivity index is 1.62. The molecule has 0 fully saturated rings. The van der Waals surface area contributed by atoms with Gasteiger partial charge in [0.1, 0.15) is 5.52 Å². The van der Waals surface area contributed by atoms with Gasteiger partial charge < -0.3 is 9.32 Å². The summed E-state index contributed by atoms with van der Waals surface area (Å²) in [5, 5.41) is 9.49. The lowest BCUT2D eigenvalue weighted by molar-refractivity contribution is -0.123. The van der Waals surface area contributed by atoms with Crippen LogP contribution >= 0.6 is 0 Å². The van der Waals surface area contributed by atoms with Crippen LogP contribution in [0.3, 0.4) is 0 Å². The van der Waals surface area contributed by atoms with Gasteiger partial charge in [-0.2, -0.15) is 5.26 Å². The van der Waals surface area contributed by atoms with E-state index in [1.807, 2.05) is 30.3 Å². The summed E-state index contributed by atoms with van der Waals surface area (Å²) in [6.07, 6.45) is 1.01. The molecule has 2 aromatic carbocycles. The van der Waals surface area contributed by atoms with Gasteiger partial charge in [-0.25, -0.2) is 4.98 Å². The molecule has 6 heteroatoms. The summed E-state index contributed by atoms with van der Waals surface area (Å²) in [6.45, 7) is -0.174. The number of aromatic nitrogens is 1. The molecule has 26 heavy (non-hydrogen) atoms. The summed E-state index contributed by atoms with van der Waals surface area (Å²) in [5.41, 5.74) is 2.87. The molecule has 0 aliphatic carbocycles. The number of oxazole rings is 1. The molecule has 0 radical (unpaired) electrons. The van der Waals surface area contributed by atoms with Gasteiger partial charge in [0.15, 0.2) is 17.3 Å². The van der Waals surface area contributed by atoms with Crippen LogP contribution in [0.5, 0.6) is 0 Å². The van der Waals surface area contributed by atoms with Gasteiger partial charge in [0.25, 0.3) is 0 Å². The maximum absolute atomic E-state index is 12.8. The second kappa shape index (κ2) is 6.45. The van der Waals surface area contributed by atoms with Crippen molar-refractivity contribution in [2.24, 2.45) is 0 Å². The highest BCUT2D eigenvalue weighted by Crippen LogP contribution is 2.29. The van der Waals surface area contributed by atoms with Crippen LogP contribution in [0.25, 0.3) is 11.1 Å². The van der Waals surface area contributed by atoms with Crippen molar-refractivity contribution in [3.8, 4) is 6.07 Å². The van der Waals surface area contributed by atoms with Crippen LogP contribution < -0.4 is 4.90 Å². The summed E-state index contributed by atoms with van der Waals surface area (Å²) >= 11 is 0. The van der Waals surface area contributed by atoms with Crippen molar-refractivity contribution in [1.29, 1.82) is 5.26 Å². The molecule has 0 saturated carbocycles. The second-order valence-corrected chi connectivity index (χ2v) is 6.16. The number of carbonyl (C=O) groups excluding carboxylic acids is 2. The first-order chi connectivity index (χ1) is 12.7. The summed E-state index contributed by atoms with van der Waals surface area (Å²) in [6, 6.07) is 16.6. The highest BCUT2D eigenvalue weighted by atomic mass is 16.3. The zero-order valence-electron chi connectivity index (χ0n) is 13.9. The van der Waals surface area contributed by atoms with E-state index < -0.39 is 11.7 Å². The molecular weight excluding hydrogens is 330 g/mol. The first-order valence-corrected chi connectivity index (χ1v) is 8.33. The number of benzene rings is 2. The van der Waals surface area contributed by atoms with Crippen LogP contribution in [0, 0.1) is 11.3 Å². The molecular formula is C20H15N3O3. The molecule has 4 rings (SSSR count). The molecule has 0 N–H and O–H groups in total. The minimum Gasteiger partial charge on any atom is -0.439 e. The first-order valence-electron chi connectivity index (χ1n) is 8.33. The van der Waals surface area contributed by atoms with Gasteiger partial charge in [-0.3, -0.25) is 9.59 Å². The van der Waals surface area contributed by atoms with E-state index in [1.54, 1.807) is 24.3 Å². The number of carbonyl (C=O) groups is 2. The predicted molar refractivity (Wildman–Crippen MR) is 94.5 cm³/mol. The van der Waals surface area contributed by atoms with Crippen molar-refractivity contribution in [1.82, 2.24) is 4.98 Å². The summed E-state index contributed by atoms with van der Waals surface area (Å²) in [5.74, 6) is -1.61. The Hall–Kier alpha value is -3.46. The Bertz CT molecular complexity index is 1010. The zero-order valence-corrected chi connectivity index (χ0v) is 13.9. The fraction of sp³-hybridized carbons (Fsp3) is 0.200. The van der Waals surface area contributed by atoms with Gasteiger partial charge in [-0.05, 0) is 30.2 Å². The highest BCUT2D eigenvalue weighted by Gasteiger charge is 2.31. The molecule has 2 heterocycles. The average molecular weight is 345 g/mol. The Morgan fingerprint density at radius 2 is 1.96 bits per heavy atom. The number of fused-ring (bicyclic) bond motifs is 2. The van der Waals surface area contributed by atoms with Gasteiger partial charge in [0.05, 0.1) is 12.6 Å². The average Bonchev–Trinajstić information content (AvgIpc) is 3.08. The van der Waals surface area contributed by atoms with E-state index in [9.17, 15) is 14.9 Å². The summed E-state index contributed by atoms with van der Waals surface area (Å²) < 4.78 is 5.57. The van der Waals surface area contributed by atoms with E-state index in [1.165, 1.54) is 4.90 Å². The van der Waals surface area contributed by atoms with Crippen molar-refractivity contribution in [3.63, 3.8) is 0 Å². The lowest BCUT2D eigenvalue weighted by Gasteiger charge is -2.29. The number of nitrogens with zero attached hydrogens (tertiary/aromatic N) is 3. The van der Waals surface area contributed by atoms with Crippen LogP contribution in [0.2, 0.25) is 0 Å². The third kappa shape index (κ3) is 2.74. The first kappa shape index (κ1) is 16.0. The molecule has 1 amide bonds. The molecule has 6 nitrogen and oxygen atoms in total. The number of para-hydroxylation sites is 3. The second-order valence-electron chi connectivity index (χ2n) is 6.16. The monoisotopic (exact) mass is 345 g/mol. The molecule has 1 atom stereocenters. The van der Waals surface area contributed by atoms with Crippen LogP contribution in [0.1, 0.15) is 23.8 Å². The van der Waals surface area contributed by atoms with Crippen molar-refractivity contribution >= 4 is 28.5 Å². The number of rotatable bonds is 4. The molecule has 0 saturated heterocycles. The molecule has 1 aliphatic rings. The Labute approximate surface area is 149 Å². The van der Waals surface area contributed by atoms with Crippen LogP contribution in [0.15, 0.2) is 52.9 Å². The molecule has 1 aliphatic heterocycles. The minimum atomic E-state index is -1.15. The number of hydrogen-bond donors (Lipinski definition) is 0. The predicted octanol–water partition coefficient (Wildman–Crippen LogP) is 2.98. The van der Waals surface area contributed by atoms with Gasteiger partial charge in [-0.15, -0.1) is 0 Å². The molecule has 0 spiro atoms. The Kier molecular flexibility index (Phi) is 3.98. The van der Waals surface area contributed by atoms with E-state index in [-0.39, 0.29) is 18.3 Å². The molecule has 1 unspecified atom stereocenters. The lowest BCUT2D eigenvalue weighted by Crippen LogP contribution is -2.40. The quantitative estimate of drug-likeness (QED) is 0.725. The van der Waals surface area contributed by atoms with Gasteiger partial charge >= 0.3 is 0 Å². The minimum absolute atomic E-state index is 0.0662. The van der Waals surface area contributed by atoms with Gasteiger partial charge in [0, 0.05) is 12.1 Å². The number of hydrogen-bond acceptors (Lipinski definition) is 5. The number of amides is 1. The topological polar surface area (TPSA) is 87.2 Å². The van der Waals surface area contributed by atoms with Crippen molar-refractivity contribution < 1.29 is 14.0 Å². The van der Waals surface area contributed by atoms with Crippen molar-refractivity contribution in [3.05, 3.63) is 60.0 Å². The number of anilines is 1. The van der Waals surface area contributed by atoms with Crippen molar-refractivity contribution in [2.75, 3.05) is 11.4 Å². The lowest BCUT2D eigenvalue weighted by atomic mass is 9.99. The zero-order chi connectivity index (χ0) is 18.1. The third-order valence-electron chi connectivity index (χ3n) is 4.51. The molecule has 1 aromatic heterocycles. The van der Waals surface area contributed by atoms with Crippen LogP contribution in [0.4, 0.5) is 5.69 Å². The van der Waals surface area contributed by atoms with Crippen LogP contribution in [-0.4, -0.2) is 23.2 Å². The number of ketones is 1. The summed E-state index contributed by atoms with van der Waals surface area (Å²) in [7, 11) is 0. The Morgan fingerprint density at radius 1 is 1.19 bits per heavy atom. The third-order valence-corrected chi connectivity index (χ3v) is 4.51. The largest absolute Gasteiger partial charge is 0.439 e. The van der Waals surface area contributed by atoms with E-state index >= 15 is 0 Å². The Morgan fingerprint density at radius 3 is 2.77 bits per heavy atom. The fourth-order valence-electron chi connectivity index (χ4n) is 3.20. The number of Topliss-reactive ketones (excluding diaryl/α,β-unsaturated/α-hetero) is 1. The number of aryl methyl sites for hydroxylation is 1. The highest BCUT2D eigenvalue weighted by molar-refractivity contribution is 6.03. The van der Waals surface area contributed by atoms with Gasteiger partial charge in [0.2, 0.25) is 11.8 Å². The van der Waals surface area contributed by atoms with Gasteiger partial charge in [-0.1, -0.05) is 30.3 Å². The van der Waals surface area contributed by atoms with E-state index in [4.69, 9.17) is 4.42 Å². The summed E-state index contributed by atoms with van der Waals surface area (Å²) in [4.78, 5) is 30.8. The van der Waals surface area contributed by atoms with Crippen LogP contribution in [-0.2, 0) is 16.0 Å². The van der Waals surface area contributed by atoms with Crippen molar-refractivity contribution in [2.45, 2.75) is 18.8 Å². The maximum atomic E-state index is 12.8. The van der Waals surface area contributed by atoms with E-state index in [2.05, 4.69) is 4.98 Å². The normalized spacial score (nSPS) is 14.7. The molecule has 3 aromatic rings. The molecule has 128 valence electrons. The SMILES string of the molecule is N#CC(C(=O)CN1C(=O)CCc2ccccc21)c1nc2ccccc2o1. The van der Waals surface area contributed by atoms with E-state index in [0.717, 1.165) is 11.3 Å².